The molecule has 20 heavy (non-hydrogen) atoms. The van der Waals surface area contributed by atoms with E-state index in [-0.39, 0.29) is 0 Å². The van der Waals surface area contributed by atoms with Gasteiger partial charge in [0.25, 0.3) is 0 Å². The van der Waals surface area contributed by atoms with Crippen molar-refractivity contribution in [3.63, 3.8) is 0 Å². The number of alkyl halides is 1. The molecule has 1 atom stereocenters. The number of likely N-dealkylation sites (N-methyl/N-ethyl adjacent to an activating group) is 1. The number of halogens is 1. The van der Waals surface area contributed by atoms with Crippen molar-refractivity contribution in [3.05, 3.63) is 48.0 Å². The Morgan fingerprint density at radius 3 is 2.50 bits per heavy atom. The normalized spacial score (nSPS) is 12.8. The Hall–Kier alpha value is -1.39. The molecule has 1 aromatic carbocycles. The molecular weight excluding hydrogens is 272 g/mol. The van der Waals surface area contributed by atoms with Crippen molar-refractivity contribution in [1.82, 2.24) is 19.7 Å². The lowest BCUT2D eigenvalue weighted by molar-refractivity contribution is 0.197. The van der Waals surface area contributed by atoms with Gasteiger partial charge < -0.3 is 4.57 Å². The quantitative estimate of drug-likeness (QED) is 0.735. The average Bonchev–Trinajstić information content (AvgIpc) is 2.95. The third kappa shape index (κ3) is 3.38. The molecule has 0 aliphatic rings. The summed E-state index contributed by atoms with van der Waals surface area (Å²) in [6.07, 6.45) is 1.76. The largest absolute Gasteiger partial charge is 0.315 e. The number of nitrogens with zero attached hydrogens (tertiary/aromatic N) is 4. The maximum Gasteiger partial charge on any atom is 0.147 e. The van der Waals surface area contributed by atoms with Crippen molar-refractivity contribution in [2.75, 3.05) is 13.1 Å². The van der Waals surface area contributed by atoms with Gasteiger partial charge in [-0.25, -0.2) is 0 Å². The van der Waals surface area contributed by atoms with Gasteiger partial charge in [-0.05, 0) is 18.7 Å². The first kappa shape index (κ1) is 15.0. The maximum atomic E-state index is 5.91. The summed E-state index contributed by atoms with van der Waals surface area (Å²) in [5.41, 5.74) is 1.31. The molecule has 0 radical (unpaired) electrons. The number of aromatic nitrogens is 3. The molecule has 4 nitrogen and oxygen atoms in total. The summed E-state index contributed by atoms with van der Waals surface area (Å²) in [5, 5.41) is 8.02. The van der Waals surface area contributed by atoms with Gasteiger partial charge in [0.1, 0.15) is 12.2 Å². The second-order valence-corrected chi connectivity index (χ2v) is 4.95. The van der Waals surface area contributed by atoms with Crippen LogP contribution in [0.5, 0.6) is 0 Å². The van der Waals surface area contributed by atoms with E-state index in [1.807, 2.05) is 10.6 Å². The van der Waals surface area contributed by atoms with E-state index < -0.39 is 0 Å². The highest BCUT2D eigenvalue weighted by molar-refractivity contribution is 6.16. The molecule has 2 rings (SSSR count). The van der Waals surface area contributed by atoms with E-state index in [0.29, 0.717) is 11.9 Å². The van der Waals surface area contributed by atoms with E-state index in [1.165, 1.54) is 5.56 Å². The molecule has 0 fully saturated rings. The second-order valence-electron chi connectivity index (χ2n) is 4.68. The van der Waals surface area contributed by atoms with Crippen LogP contribution in [0.15, 0.2) is 36.7 Å². The lowest BCUT2D eigenvalue weighted by Gasteiger charge is -2.30. The van der Waals surface area contributed by atoms with Gasteiger partial charge in [0, 0.05) is 6.54 Å². The van der Waals surface area contributed by atoms with E-state index in [0.717, 1.165) is 25.5 Å². The number of benzene rings is 1. The highest BCUT2D eigenvalue weighted by atomic mass is 35.5. The molecule has 1 aromatic heterocycles. The summed E-state index contributed by atoms with van der Waals surface area (Å²) in [6, 6.07) is 10.9. The van der Waals surface area contributed by atoms with Crippen LogP contribution in [-0.2, 0) is 12.4 Å². The first-order chi connectivity index (χ1) is 9.80. The molecule has 108 valence electrons. The summed E-state index contributed by atoms with van der Waals surface area (Å²) in [5.74, 6) is 1.21. The fraction of sp³-hybridized carbons (Fsp3) is 0.467. The van der Waals surface area contributed by atoms with Gasteiger partial charge in [-0.2, -0.15) is 0 Å². The van der Waals surface area contributed by atoms with Crippen LogP contribution in [0, 0.1) is 0 Å². The molecule has 0 N–H and O–H groups in total. The summed E-state index contributed by atoms with van der Waals surface area (Å²) in [4.78, 5) is 2.44. The zero-order valence-corrected chi connectivity index (χ0v) is 12.8. The van der Waals surface area contributed by atoms with Crippen LogP contribution in [0.4, 0.5) is 0 Å². The predicted octanol–water partition coefficient (Wildman–Crippen LogP) is 3.10. The van der Waals surface area contributed by atoms with E-state index in [2.05, 4.69) is 53.2 Å². The molecule has 0 aliphatic heterocycles. The first-order valence-corrected chi connectivity index (χ1v) is 7.55. The molecule has 1 heterocycles. The van der Waals surface area contributed by atoms with Crippen LogP contribution < -0.4 is 0 Å². The Bertz CT molecular complexity index is 508. The van der Waals surface area contributed by atoms with Crippen molar-refractivity contribution in [2.24, 2.45) is 0 Å². The Kier molecular flexibility index (Phi) is 5.56. The molecule has 1 unspecified atom stereocenters. The molecule has 5 heteroatoms. The Morgan fingerprint density at radius 2 is 1.90 bits per heavy atom. The second kappa shape index (κ2) is 7.41. The topological polar surface area (TPSA) is 34.0 Å². The van der Waals surface area contributed by atoms with Crippen molar-refractivity contribution in [1.29, 1.82) is 0 Å². The van der Waals surface area contributed by atoms with Crippen molar-refractivity contribution >= 4 is 11.6 Å². The van der Waals surface area contributed by atoms with E-state index >= 15 is 0 Å². The zero-order chi connectivity index (χ0) is 14.4. The summed E-state index contributed by atoms with van der Waals surface area (Å²) < 4.78 is 2.04. The summed E-state index contributed by atoms with van der Waals surface area (Å²) in [7, 11) is 0. The smallest absolute Gasteiger partial charge is 0.147 e. The maximum absolute atomic E-state index is 5.91. The monoisotopic (exact) mass is 292 g/mol. The van der Waals surface area contributed by atoms with Gasteiger partial charge in [0.15, 0.2) is 0 Å². The van der Waals surface area contributed by atoms with Gasteiger partial charge in [-0.1, -0.05) is 44.2 Å². The van der Waals surface area contributed by atoms with Gasteiger partial charge in [0.2, 0.25) is 0 Å². The number of hydrogen-bond acceptors (Lipinski definition) is 3. The van der Waals surface area contributed by atoms with E-state index in [9.17, 15) is 0 Å². The molecule has 2 aromatic rings. The minimum atomic E-state index is 0.309. The molecule has 0 aliphatic carbocycles. The van der Waals surface area contributed by atoms with Gasteiger partial charge in [-0.15, -0.1) is 21.8 Å². The Labute approximate surface area is 125 Å². The van der Waals surface area contributed by atoms with Gasteiger partial charge >= 0.3 is 0 Å². The third-order valence-corrected chi connectivity index (χ3v) is 3.86. The molecule has 0 saturated heterocycles. The molecular formula is C15H21ClN4. The molecule has 0 amide bonds. The van der Waals surface area contributed by atoms with Crippen LogP contribution in [-0.4, -0.2) is 32.8 Å². The molecule has 0 spiro atoms. The van der Waals surface area contributed by atoms with Crippen LogP contribution in [0.3, 0.4) is 0 Å². The van der Waals surface area contributed by atoms with Gasteiger partial charge in [0.05, 0.1) is 11.9 Å². The van der Waals surface area contributed by atoms with Crippen LogP contribution in [0.25, 0.3) is 0 Å². The number of hydrogen-bond donors (Lipinski definition) is 0. The fourth-order valence-corrected chi connectivity index (χ4v) is 2.70. The fourth-order valence-electron chi connectivity index (χ4n) is 2.49. The van der Waals surface area contributed by atoms with Crippen LogP contribution >= 0.6 is 11.6 Å². The number of rotatable bonds is 7. The standard InChI is InChI=1S/C15H21ClN4/c1-3-19(4-2)14(13-8-6-5-7-9-13)11-20-12-17-18-15(20)10-16/h5-9,12,14H,3-4,10-11H2,1-2H3. The van der Waals surface area contributed by atoms with Crippen molar-refractivity contribution in [2.45, 2.75) is 32.3 Å². The molecule has 0 bridgehead atoms. The minimum Gasteiger partial charge on any atom is -0.315 e. The Morgan fingerprint density at radius 1 is 1.20 bits per heavy atom. The zero-order valence-electron chi connectivity index (χ0n) is 12.0. The Balaban J connectivity index is 2.27. The minimum absolute atomic E-state index is 0.309. The lowest BCUT2D eigenvalue weighted by Crippen LogP contribution is -2.31. The van der Waals surface area contributed by atoms with Crippen molar-refractivity contribution in [3.8, 4) is 0 Å². The third-order valence-electron chi connectivity index (χ3n) is 3.62. The van der Waals surface area contributed by atoms with Crippen LogP contribution in [0.2, 0.25) is 0 Å². The van der Waals surface area contributed by atoms with Crippen LogP contribution in [0.1, 0.15) is 31.3 Å². The first-order valence-electron chi connectivity index (χ1n) is 7.01. The lowest BCUT2D eigenvalue weighted by atomic mass is 10.1. The highest BCUT2D eigenvalue weighted by Crippen LogP contribution is 2.23. The molecule has 0 saturated carbocycles. The van der Waals surface area contributed by atoms with E-state index in [4.69, 9.17) is 11.6 Å². The van der Waals surface area contributed by atoms with Gasteiger partial charge in [-0.3, -0.25) is 4.90 Å². The SMILES string of the molecule is CCN(CC)C(Cn1cnnc1CCl)c1ccccc1. The van der Waals surface area contributed by atoms with Crippen molar-refractivity contribution < 1.29 is 0 Å². The highest BCUT2D eigenvalue weighted by Gasteiger charge is 2.19. The summed E-state index contributed by atoms with van der Waals surface area (Å²) in [6.45, 7) is 7.21. The predicted molar refractivity (Wildman–Crippen MR) is 81.7 cm³/mol. The average molecular weight is 293 g/mol. The summed E-state index contributed by atoms with van der Waals surface area (Å²) >= 11 is 5.91. The van der Waals surface area contributed by atoms with E-state index in [1.54, 1.807) is 6.33 Å².